The number of benzene rings is 1. The monoisotopic (exact) mass is 278 g/mol. The van der Waals surface area contributed by atoms with Gasteiger partial charge in [0.15, 0.2) is 0 Å². The fourth-order valence-electron chi connectivity index (χ4n) is 2.72. The molecule has 1 fully saturated rings. The molecule has 1 N–H and O–H groups in total. The van der Waals surface area contributed by atoms with E-state index in [-0.39, 0.29) is 0 Å². The minimum Gasteiger partial charge on any atom is -0.330 e. The maximum Gasteiger partial charge on any atom is 0.123 e. The van der Waals surface area contributed by atoms with Crippen molar-refractivity contribution in [2.24, 2.45) is 7.05 Å². The first-order valence-electron chi connectivity index (χ1n) is 6.70. The summed E-state index contributed by atoms with van der Waals surface area (Å²) in [4.78, 5) is 7.16. The first-order chi connectivity index (χ1) is 9.13. The van der Waals surface area contributed by atoms with Gasteiger partial charge in [-0.05, 0) is 25.1 Å². The highest BCUT2D eigenvalue weighted by molar-refractivity contribution is 6.31. The Morgan fingerprint density at radius 3 is 3.11 bits per heavy atom. The maximum atomic E-state index is 6.02. The van der Waals surface area contributed by atoms with E-state index in [1.807, 2.05) is 18.2 Å². The van der Waals surface area contributed by atoms with Crippen molar-refractivity contribution < 1.29 is 0 Å². The van der Waals surface area contributed by atoms with Crippen LogP contribution >= 0.6 is 11.6 Å². The van der Waals surface area contributed by atoms with Crippen molar-refractivity contribution in [3.63, 3.8) is 0 Å². The Hall–Kier alpha value is -1.10. The van der Waals surface area contributed by atoms with Crippen molar-refractivity contribution in [2.45, 2.75) is 19.5 Å². The Morgan fingerprint density at radius 1 is 1.47 bits per heavy atom. The minimum absolute atomic E-state index is 0.554. The molecule has 0 unspecified atom stereocenters. The zero-order valence-electron chi connectivity index (χ0n) is 11.4. The molecule has 3 rings (SSSR count). The molecule has 0 radical (unpaired) electrons. The van der Waals surface area contributed by atoms with Crippen LogP contribution in [0.15, 0.2) is 18.2 Å². The van der Waals surface area contributed by atoms with Crippen LogP contribution in [0.25, 0.3) is 11.0 Å². The maximum absolute atomic E-state index is 6.02. The van der Waals surface area contributed by atoms with E-state index in [1.165, 1.54) is 0 Å². The largest absolute Gasteiger partial charge is 0.330 e. The molecular formula is C14H19ClN4. The Balaban J connectivity index is 1.86. The lowest BCUT2D eigenvalue weighted by molar-refractivity contribution is 0.194. The van der Waals surface area contributed by atoms with Gasteiger partial charge in [0.2, 0.25) is 0 Å². The van der Waals surface area contributed by atoms with E-state index in [0.717, 1.165) is 48.1 Å². The van der Waals surface area contributed by atoms with Gasteiger partial charge in [-0.1, -0.05) is 11.6 Å². The molecule has 2 heterocycles. The normalized spacial score (nSPS) is 21.1. The predicted octanol–water partition coefficient (Wildman–Crippen LogP) is 2.02. The van der Waals surface area contributed by atoms with Crippen LogP contribution in [-0.4, -0.2) is 40.1 Å². The van der Waals surface area contributed by atoms with Crippen molar-refractivity contribution in [3.05, 3.63) is 29.0 Å². The average Bonchev–Trinajstić information content (AvgIpc) is 2.66. The number of hydrogen-bond acceptors (Lipinski definition) is 3. The zero-order valence-corrected chi connectivity index (χ0v) is 12.1. The van der Waals surface area contributed by atoms with E-state index in [4.69, 9.17) is 16.6 Å². The molecular weight excluding hydrogens is 260 g/mol. The Morgan fingerprint density at radius 2 is 2.32 bits per heavy atom. The summed E-state index contributed by atoms with van der Waals surface area (Å²) in [6, 6.07) is 6.44. The summed E-state index contributed by atoms with van der Waals surface area (Å²) in [5.74, 6) is 1.10. The summed E-state index contributed by atoms with van der Waals surface area (Å²) >= 11 is 6.02. The zero-order chi connectivity index (χ0) is 13.4. The molecule has 0 saturated carbocycles. The second kappa shape index (κ2) is 5.12. The summed E-state index contributed by atoms with van der Waals surface area (Å²) in [5.41, 5.74) is 2.12. The van der Waals surface area contributed by atoms with Crippen molar-refractivity contribution in [1.29, 1.82) is 0 Å². The topological polar surface area (TPSA) is 33.1 Å². The molecule has 0 bridgehead atoms. The second-order valence-corrected chi connectivity index (χ2v) is 5.75. The van der Waals surface area contributed by atoms with Gasteiger partial charge in [-0.3, -0.25) is 4.90 Å². The number of nitrogens with zero attached hydrogens (tertiary/aromatic N) is 3. The summed E-state index contributed by atoms with van der Waals surface area (Å²) in [6.45, 7) is 6.32. The van der Waals surface area contributed by atoms with E-state index < -0.39 is 0 Å². The van der Waals surface area contributed by atoms with E-state index >= 15 is 0 Å². The van der Waals surface area contributed by atoms with Gasteiger partial charge in [0.25, 0.3) is 0 Å². The molecule has 1 aromatic carbocycles. The van der Waals surface area contributed by atoms with Gasteiger partial charge < -0.3 is 9.88 Å². The lowest BCUT2D eigenvalue weighted by atomic mass is 10.2. The number of piperazine rings is 1. The van der Waals surface area contributed by atoms with E-state index in [0.29, 0.717) is 6.04 Å². The van der Waals surface area contributed by atoms with Crippen LogP contribution in [0.3, 0.4) is 0 Å². The molecule has 0 amide bonds. The Labute approximate surface area is 118 Å². The molecule has 102 valence electrons. The summed E-state index contributed by atoms with van der Waals surface area (Å²) in [7, 11) is 2.07. The fourth-order valence-corrected chi connectivity index (χ4v) is 2.89. The van der Waals surface area contributed by atoms with Gasteiger partial charge in [-0.25, -0.2) is 4.98 Å². The standard InChI is InChI=1S/C14H19ClN4/c1-10-8-19(6-5-16-10)9-14-17-12-7-11(15)3-4-13(12)18(14)2/h3-4,7,10,16H,5-6,8-9H2,1-2H3/t10-/m0/s1. The van der Waals surface area contributed by atoms with Crippen LogP contribution in [0.2, 0.25) is 5.02 Å². The highest BCUT2D eigenvalue weighted by Crippen LogP contribution is 2.20. The highest BCUT2D eigenvalue weighted by atomic mass is 35.5. The smallest absolute Gasteiger partial charge is 0.123 e. The molecule has 1 saturated heterocycles. The molecule has 1 aliphatic rings. The fraction of sp³-hybridized carbons (Fsp3) is 0.500. The third kappa shape index (κ3) is 2.61. The quantitative estimate of drug-likeness (QED) is 0.912. The van der Waals surface area contributed by atoms with Crippen LogP contribution in [0.5, 0.6) is 0 Å². The van der Waals surface area contributed by atoms with Crippen LogP contribution in [0, 0.1) is 0 Å². The van der Waals surface area contributed by atoms with Crippen molar-refractivity contribution in [2.75, 3.05) is 19.6 Å². The highest BCUT2D eigenvalue weighted by Gasteiger charge is 2.18. The van der Waals surface area contributed by atoms with Gasteiger partial charge in [-0.15, -0.1) is 0 Å². The number of hydrogen-bond donors (Lipinski definition) is 1. The lowest BCUT2D eigenvalue weighted by Crippen LogP contribution is -2.48. The number of rotatable bonds is 2. The molecule has 4 nitrogen and oxygen atoms in total. The molecule has 0 spiro atoms. The third-order valence-corrected chi connectivity index (χ3v) is 3.99. The number of aryl methyl sites for hydroxylation is 1. The molecule has 0 aliphatic carbocycles. The van der Waals surface area contributed by atoms with Gasteiger partial charge in [-0.2, -0.15) is 0 Å². The molecule has 2 aromatic rings. The number of imidazole rings is 1. The minimum atomic E-state index is 0.554. The predicted molar refractivity (Wildman–Crippen MR) is 78.5 cm³/mol. The molecule has 1 aromatic heterocycles. The summed E-state index contributed by atoms with van der Waals surface area (Å²) in [6.07, 6.45) is 0. The number of aromatic nitrogens is 2. The lowest BCUT2D eigenvalue weighted by Gasteiger charge is -2.31. The number of halogens is 1. The average molecular weight is 279 g/mol. The summed E-state index contributed by atoms with van der Waals surface area (Å²) < 4.78 is 2.17. The van der Waals surface area contributed by atoms with Crippen LogP contribution in [0.1, 0.15) is 12.7 Å². The van der Waals surface area contributed by atoms with E-state index in [1.54, 1.807) is 0 Å². The Bertz CT molecular complexity index is 592. The Kier molecular flexibility index (Phi) is 3.48. The molecule has 1 atom stereocenters. The van der Waals surface area contributed by atoms with Gasteiger partial charge >= 0.3 is 0 Å². The van der Waals surface area contributed by atoms with Gasteiger partial charge in [0.1, 0.15) is 5.82 Å². The van der Waals surface area contributed by atoms with Gasteiger partial charge in [0, 0.05) is 37.7 Å². The second-order valence-electron chi connectivity index (χ2n) is 5.31. The summed E-state index contributed by atoms with van der Waals surface area (Å²) in [5, 5.41) is 4.20. The molecule has 5 heteroatoms. The van der Waals surface area contributed by atoms with Gasteiger partial charge in [0.05, 0.1) is 17.6 Å². The van der Waals surface area contributed by atoms with E-state index in [2.05, 4.69) is 28.8 Å². The first kappa shape index (κ1) is 12.9. The van der Waals surface area contributed by atoms with Crippen LogP contribution < -0.4 is 5.32 Å². The van der Waals surface area contributed by atoms with Crippen molar-refractivity contribution in [1.82, 2.24) is 19.8 Å². The van der Waals surface area contributed by atoms with Crippen LogP contribution in [-0.2, 0) is 13.6 Å². The third-order valence-electron chi connectivity index (χ3n) is 3.75. The number of fused-ring (bicyclic) bond motifs is 1. The molecule has 19 heavy (non-hydrogen) atoms. The SMILES string of the molecule is C[C@H]1CN(Cc2nc3cc(Cl)ccc3n2C)CCN1. The van der Waals surface area contributed by atoms with Crippen LogP contribution in [0.4, 0.5) is 0 Å². The van der Waals surface area contributed by atoms with Crippen molar-refractivity contribution >= 4 is 22.6 Å². The first-order valence-corrected chi connectivity index (χ1v) is 7.08. The molecule has 1 aliphatic heterocycles. The van der Waals surface area contributed by atoms with Crippen molar-refractivity contribution in [3.8, 4) is 0 Å². The number of nitrogens with one attached hydrogen (secondary N) is 1. The van der Waals surface area contributed by atoms with E-state index in [9.17, 15) is 0 Å².